The summed E-state index contributed by atoms with van der Waals surface area (Å²) in [7, 11) is 0. The van der Waals surface area contributed by atoms with Crippen LogP contribution < -0.4 is 0 Å². The van der Waals surface area contributed by atoms with E-state index in [1.54, 1.807) is 12.3 Å². The Kier molecular flexibility index (Phi) is 4.90. The molecule has 27 heavy (non-hydrogen) atoms. The number of pyridine rings is 1. The number of ether oxygens (including phenoxy) is 1. The Hall–Kier alpha value is -2.73. The van der Waals surface area contributed by atoms with E-state index < -0.39 is 0 Å². The van der Waals surface area contributed by atoms with Crippen LogP contribution in [0.5, 0.6) is 0 Å². The second-order valence-corrected chi connectivity index (χ2v) is 6.87. The number of hydrogen-bond acceptors (Lipinski definition) is 3. The summed E-state index contributed by atoms with van der Waals surface area (Å²) in [5, 5.41) is 0. The molecule has 1 amide bonds. The number of nitrogens with zero attached hydrogens (tertiary/aromatic N) is 3. The highest BCUT2D eigenvalue weighted by Gasteiger charge is 2.26. The molecule has 5 nitrogen and oxygen atoms in total. The minimum absolute atomic E-state index is 0.0511. The van der Waals surface area contributed by atoms with E-state index in [4.69, 9.17) is 4.74 Å². The Morgan fingerprint density at radius 1 is 1.26 bits per heavy atom. The molecule has 1 aliphatic heterocycles. The van der Waals surface area contributed by atoms with Crippen molar-refractivity contribution in [1.82, 2.24) is 14.3 Å². The molecule has 0 spiro atoms. The van der Waals surface area contributed by atoms with Gasteiger partial charge in [0.05, 0.1) is 18.9 Å². The van der Waals surface area contributed by atoms with Crippen LogP contribution in [0.4, 0.5) is 4.39 Å². The standard InChI is InChI=1S/C21H22FN3O2/c1-15-4-3-7-25-19(14-23-21(15)25)18(16-5-2-6-17(22)12-16)13-20(26)24-8-10-27-11-9-24/h2-7,12,14,18H,8-11,13H2,1H3. The third-order valence-corrected chi connectivity index (χ3v) is 5.11. The van der Waals surface area contributed by atoms with Gasteiger partial charge in [0.2, 0.25) is 5.91 Å². The summed E-state index contributed by atoms with van der Waals surface area (Å²) in [6, 6.07) is 10.4. The highest BCUT2D eigenvalue weighted by molar-refractivity contribution is 5.78. The second kappa shape index (κ2) is 7.48. The van der Waals surface area contributed by atoms with E-state index in [9.17, 15) is 9.18 Å². The maximum atomic E-state index is 13.9. The first-order chi connectivity index (χ1) is 13.1. The van der Waals surface area contributed by atoms with Crippen molar-refractivity contribution in [1.29, 1.82) is 0 Å². The number of imidazole rings is 1. The van der Waals surface area contributed by atoms with E-state index in [-0.39, 0.29) is 24.1 Å². The summed E-state index contributed by atoms with van der Waals surface area (Å²) in [6.07, 6.45) is 4.01. The van der Waals surface area contributed by atoms with Crippen LogP contribution in [-0.2, 0) is 9.53 Å². The molecule has 0 radical (unpaired) electrons. The lowest BCUT2D eigenvalue weighted by atomic mass is 9.92. The molecule has 1 saturated heterocycles. The molecule has 1 unspecified atom stereocenters. The molecule has 140 valence electrons. The van der Waals surface area contributed by atoms with E-state index in [2.05, 4.69) is 4.98 Å². The third kappa shape index (κ3) is 3.57. The van der Waals surface area contributed by atoms with Gasteiger partial charge in [-0.25, -0.2) is 9.37 Å². The van der Waals surface area contributed by atoms with Crippen LogP contribution in [0.2, 0.25) is 0 Å². The van der Waals surface area contributed by atoms with Gasteiger partial charge in [-0.15, -0.1) is 0 Å². The number of rotatable bonds is 4. The van der Waals surface area contributed by atoms with Gasteiger partial charge in [0.1, 0.15) is 11.5 Å². The van der Waals surface area contributed by atoms with Gasteiger partial charge in [-0.1, -0.05) is 18.2 Å². The lowest BCUT2D eigenvalue weighted by Gasteiger charge is -2.28. The molecule has 1 atom stereocenters. The smallest absolute Gasteiger partial charge is 0.223 e. The number of fused-ring (bicyclic) bond motifs is 1. The zero-order valence-electron chi connectivity index (χ0n) is 15.3. The van der Waals surface area contributed by atoms with Crippen LogP contribution in [0.25, 0.3) is 5.65 Å². The number of morpholine rings is 1. The molecule has 2 aromatic heterocycles. The molecular weight excluding hydrogens is 345 g/mol. The van der Waals surface area contributed by atoms with Crippen LogP contribution in [0.3, 0.4) is 0 Å². The van der Waals surface area contributed by atoms with Gasteiger partial charge in [0.25, 0.3) is 0 Å². The van der Waals surface area contributed by atoms with Gasteiger partial charge in [0, 0.05) is 37.8 Å². The van der Waals surface area contributed by atoms with Crippen LogP contribution in [0.1, 0.15) is 29.2 Å². The van der Waals surface area contributed by atoms with Crippen molar-refractivity contribution in [3.8, 4) is 0 Å². The zero-order valence-corrected chi connectivity index (χ0v) is 15.3. The van der Waals surface area contributed by atoms with Crippen molar-refractivity contribution in [3.05, 3.63) is 71.4 Å². The lowest BCUT2D eigenvalue weighted by Crippen LogP contribution is -2.41. The minimum atomic E-state index is -0.304. The number of aromatic nitrogens is 2. The molecule has 0 bridgehead atoms. The highest BCUT2D eigenvalue weighted by Crippen LogP contribution is 2.30. The normalized spacial score (nSPS) is 15.9. The van der Waals surface area contributed by atoms with Gasteiger partial charge >= 0.3 is 0 Å². The number of carbonyl (C=O) groups excluding carboxylic acids is 1. The fraction of sp³-hybridized carbons (Fsp3) is 0.333. The molecule has 1 aliphatic rings. The summed E-state index contributed by atoms with van der Waals surface area (Å²) in [6.45, 7) is 4.32. The van der Waals surface area contributed by atoms with Crippen molar-refractivity contribution in [3.63, 3.8) is 0 Å². The fourth-order valence-corrected chi connectivity index (χ4v) is 3.66. The summed E-state index contributed by atoms with van der Waals surface area (Å²) in [4.78, 5) is 19.3. The Morgan fingerprint density at radius 3 is 2.85 bits per heavy atom. The first-order valence-corrected chi connectivity index (χ1v) is 9.17. The Labute approximate surface area is 157 Å². The average molecular weight is 367 g/mol. The second-order valence-electron chi connectivity index (χ2n) is 6.87. The lowest BCUT2D eigenvalue weighted by molar-refractivity contribution is -0.135. The molecule has 1 fully saturated rings. The number of halogens is 1. The average Bonchev–Trinajstić information content (AvgIpc) is 3.12. The van der Waals surface area contributed by atoms with E-state index in [0.717, 1.165) is 22.5 Å². The van der Waals surface area contributed by atoms with Gasteiger partial charge in [0.15, 0.2) is 0 Å². The summed E-state index contributed by atoms with van der Waals surface area (Å²) in [5.41, 5.74) is 3.58. The predicted octanol–water partition coefficient (Wildman–Crippen LogP) is 3.16. The summed E-state index contributed by atoms with van der Waals surface area (Å²) < 4.78 is 21.2. The van der Waals surface area contributed by atoms with Crippen molar-refractivity contribution >= 4 is 11.6 Å². The first-order valence-electron chi connectivity index (χ1n) is 9.17. The molecule has 6 heteroatoms. The SMILES string of the molecule is Cc1cccn2c(C(CC(=O)N3CCOCC3)c3cccc(F)c3)cnc12. The maximum Gasteiger partial charge on any atom is 0.223 e. The number of aryl methyl sites for hydroxylation is 1. The van der Waals surface area contributed by atoms with Gasteiger partial charge in [-0.05, 0) is 36.2 Å². The maximum absolute atomic E-state index is 13.9. The van der Waals surface area contributed by atoms with E-state index >= 15 is 0 Å². The van der Waals surface area contributed by atoms with Gasteiger partial charge in [-0.2, -0.15) is 0 Å². The zero-order chi connectivity index (χ0) is 18.8. The van der Waals surface area contributed by atoms with Gasteiger partial charge < -0.3 is 14.0 Å². The quantitative estimate of drug-likeness (QED) is 0.712. The van der Waals surface area contributed by atoms with Crippen LogP contribution in [0.15, 0.2) is 48.8 Å². The Bertz CT molecular complexity index is 963. The Morgan fingerprint density at radius 2 is 2.07 bits per heavy atom. The van der Waals surface area contributed by atoms with E-state index in [1.807, 2.05) is 40.6 Å². The fourth-order valence-electron chi connectivity index (χ4n) is 3.66. The monoisotopic (exact) mass is 367 g/mol. The summed E-state index contributed by atoms with van der Waals surface area (Å²) >= 11 is 0. The van der Waals surface area contributed by atoms with Crippen molar-refractivity contribution in [2.24, 2.45) is 0 Å². The molecule has 3 aromatic rings. The number of amides is 1. The van der Waals surface area contributed by atoms with E-state index in [0.29, 0.717) is 26.3 Å². The minimum Gasteiger partial charge on any atom is -0.378 e. The van der Waals surface area contributed by atoms with Crippen LogP contribution in [0, 0.1) is 12.7 Å². The molecule has 0 N–H and O–H groups in total. The number of benzene rings is 1. The molecule has 0 saturated carbocycles. The largest absolute Gasteiger partial charge is 0.378 e. The topological polar surface area (TPSA) is 46.8 Å². The predicted molar refractivity (Wildman–Crippen MR) is 100 cm³/mol. The molecule has 4 rings (SSSR count). The highest BCUT2D eigenvalue weighted by atomic mass is 19.1. The third-order valence-electron chi connectivity index (χ3n) is 5.11. The van der Waals surface area contributed by atoms with Crippen LogP contribution >= 0.6 is 0 Å². The molecule has 0 aliphatic carbocycles. The molecule has 1 aromatic carbocycles. The number of carbonyl (C=O) groups is 1. The van der Waals surface area contributed by atoms with E-state index in [1.165, 1.54) is 12.1 Å². The van der Waals surface area contributed by atoms with Crippen LogP contribution in [-0.4, -0.2) is 46.5 Å². The Balaban J connectivity index is 1.73. The number of hydrogen-bond donors (Lipinski definition) is 0. The first kappa shape index (κ1) is 17.7. The van der Waals surface area contributed by atoms with Gasteiger partial charge in [-0.3, -0.25) is 4.79 Å². The molecular formula is C21H22FN3O2. The van der Waals surface area contributed by atoms with Crippen molar-refractivity contribution in [2.75, 3.05) is 26.3 Å². The van der Waals surface area contributed by atoms with Crippen molar-refractivity contribution < 1.29 is 13.9 Å². The molecule has 3 heterocycles. The summed E-state index contributed by atoms with van der Waals surface area (Å²) in [5.74, 6) is -0.524. The van der Waals surface area contributed by atoms with Crippen molar-refractivity contribution in [2.45, 2.75) is 19.3 Å².